The zero-order valence-electron chi connectivity index (χ0n) is 13.1. The third-order valence-corrected chi connectivity index (χ3v) is 4.55. The summed E-state index contributed by atoms with van der Waals surface area (Å²) in [5.74, 6) is -1.24. The topological polar surface area (TPSA) is 78.7 Å². The fourth-order valence-electron chi connectivity index (χ4n) is 3.20. The standard InChI is InChI=1S/C15H19FN4O3.ClH/c16-14-9-11(20(22)23)1-2-13(14)15(21)19-7-5-18(6-8-19)12-3-4-17-10-12;/h1-2,9,12,17H,3-8,10H2;1H. The summed E-state index contributed by atoms with van der Waals surface area (Å²) < 4.78 is 14.0. The number of nitrogens with one attached hydrogen (secondary N) is 1. The number of halogens is 2. The number of nitro benzene ring substituents is 1. The molecule has 0 bridgehead atoms. The van der Waals surface area contributed by atoms with Gasteiger partial charge in [-0.1, -0.05) is 0 Å². The maximum absolute atomic E-state index is 14.0. The van der Waals surface area contributed by atoms with Crippen LogP contribution in [0.4, 0.5) is 10.1 Å². The van der Waals surface area contributed by atoms with Gasteiger partial charge in [-0.05, 0) is 19.0 Å². The van der Waals surface area contributed by atoms with Gasteiger partial charge in [-0.15, -0.1) is 12.4 Å². The first-order valence-electron chi connectivity index (χ1n) is 7.74. The van der Waals surface area contributed by atoms with Gasteiger partial charge in [0.15, 0.2) is 0 Å². The lowest BCUT2D eigenvalue weighted by molar-refractivity contribution is -0.385. The fourth-order valence-corrected chi connectivity index (χ4v) is 3.20. The molecule has 1 aromatic carbocycles. The van der Waals surface area contributed by atoms with Crippen molar-refractivity contribution in [3.63, 3.8) is 0 Å². The Morgan fingerprint density at radius 1 is 1.29 bits per heavy atom. The number of carbonyl (C=O) groups is 1. The Labute approximate surface area is 145 Å². The van der Waals surface area contributed by atoms with E-state index in [4.69, 9.17) is 0 Å². The second-order valence-electron chi connectivity index (χ2n) is 5.90. The molecule has 2 aliphatic rings. The second-order valence-corrected chi connectivity index (χ2v) is 5.90. The lowest BCUT2D eigenvalue weighted by atomic mass is 10.1. The van der Waals surface area contributed by atoms with Crippen molar-refractivity contribution in [2.45, 2.75) is 12.5 Å². The summed E-state index contributed by atoms with van der Waals surface area (Å²) in [6, 6.07) is 3.68. The highest BCUT2D eigenvalue weighted by atomic mass is 35.5. The second kappa shape index (κ2) is 7.87. The van der Waals surface area contributed by atoms with Crippen LogP contribution in [0.5, 0.6) is 0 Å². The highest BCUT2D eigenvalue weighted by Crippen LogP contribution is 2.19. The Hall–Kier alpha value is -1.77. The molecular formula is C15H20ClFN4O3. The van der Waals surface area contributed by atoms with E-state index >= 15 is 0 Å². The summed E-state index contributed by atoms with van der Waals surface area (Å²) in [5, 5.41) is 14.0. The number of hydrogen-bond acceptors (Lipinski definition) is 5. The first kappa shape index (κ1) is 18.6. The Morgan fingerprint density at radius 2 is 2.00 bits per heavy atom. The van der Waals surface area contributed by atoms with Crippen LogP contribution in [0.15, 0.2) is 18.2 Å². The molecule has 1 unspecified atom stereocenters. The Kier molecular flexibility index (Phi) is 6.09. The summed E-state index contributed by atoms with van der Waals surface area (Å²) in [7, 11) is 0. The molecule has 0 radical (unpaired) electrons. The monoisotopic (exact) mass is 358 g/mol. The van der Waals surface area contributed by atoms with Crippen LogP contribution in [0.1, 0.15) is 16.8 Å². The van der Waals surface area contributed by atoms with Crippen molar-refractivity contribution >= 4 is 24.0 Å². The number of benzene rings is 1. The van der Waals surface area contributed by atoms with Crippen LogP contribution in [-0.2, 0) is 0 Å². The number of hydrogen-bond donors (Lipinski definition) is 1. The van der Waals surface area contributed by atoms with Crippen LogP contribution >= 0.6 is 12.4 Å². The molecule has 2 fully saturated rings. The van der Waals surface area contributed by atoms with Crippen molar-refractivity contribution in [3.05, 3.63) is 39.7 Å². The third kappa shape index (κ3) is 3.82. The van der Waals surface area contributed by atoms with E-state index in [-0.39, 0.29) is 23.7 Å². The van der Waals surface area contributed by atoms with Gasteiger partial charge in [0.25, 0.3) is 11.6 Å². The zero-order chi connectivity index (χ0) is 16.4. The van der Waals surface area contributed by atoms with Crippen LogP contribution in [-0.4, -0.2) is 65.9 Å². The largest absolute Gasteiger partial charge is 0.336 e. The van der Waals surface area contributed by atoms with E-state index in [1.807, 2.05) is 0 Å². The van der Waals surface area contributed by atoms with Crippen LogP contribution < -0.4 is 5.32 Å². The molecule has 132 valence electrons. The lowest BCUT2D eigenvalue weighted by Gasteiger charge is -2.37. The molecule has 1 aromatic rings. The predicted octanol–water partition coefficient (Wildman–Crippen LogP) is 1.28. The summed E-state index contributed by atoms with van der Waals surface area (Å²) in [4.78, 5) is 26.3. The molecule has 1 amide bonds. The normalized spacial score (nSPS) is 21.4. The Morgan fingerprint density at radius 3 is 2.54 bits per heavy atom. The van der Waals surface area contributed by atoms with Crippen LogP contribution in [0.3, 0.4) is 0 Å². The third-order valence-electron chi connectivity index (χ3n) is 4.55. The molecule has 2 heterocycles. The number of carbonyl (C=O) groups excluding carboxylic acids is 1. The zero-order valence-corrected chi connectivity index (χ0v) is 13.9. The van der Waals surface area contributed by atoms with Gasteiger partial charge >= 0.3 is 0 Å². The Bertz CT molecular complexity index is 617. The Balaban J connectivity index is 0.00000208. The summed E-state index contributed by atoms with van der Waals surface area (Å²) in [5.41, 5.74) is -0.454. The van der Waals surface area contributed by atoms with Gasteiger partial charge in [0.1, 0.15) is 5.82 Å². The highest BCUT2D eigenvalue weighted by Gasteiger charge is 2.29. The van der Waals surface area contributed by atoms with E-state index in [1.165, 1.54) is 6.07 Å². The van der Waals surface area contributed by atoms with Crippen LogP contribution in [0.2, 0.25) is 0 Å². The summed E-state index contributed by atoms with van der Waals surface area (Å²) in [6.45, 7) is 4.64. The molecule has 1 N–H and O–H groups in total. The van der Waals surface area contributed by atoms with Crippen molar-refractivity contribution < 1.29 is 14.1 Å². The maximum atomic E-state index is 14.0. The van der Waals surface area contributed by atoms with Gasteiger partial charge in [0, 0.05) is 44.8 Å². The van der Waals surface area contributed by atoms with Crippen molar-refractivity contribution in [1.29, 1.82) is 0 Å². The minimum absolute atomic E-state index is 0. The molecular weight excluding hydrogens is 339 g/mol. The van der Waals surface area contributed by atoms with E-state index in [0.717, 1.165) is 44.7 Å². The van der Waals surface area contributed by atoms with Crippen LogP contribution in [0, 0.1) is 15.9 Å². The SMILES string of the molecule is Cl.O=C(c1ccc([N+](=O)[O-])cc1F)N1CCN(C2CCNC2)CC1. The fraction of sp³-hybridized carbons (Fsp3) is 0.533. The van der Waals surface area contributed by atoms with Crippen LogP contribution in [0.25, 0.3) is 0 Å². The smallest absolute Gasteiger partial charge is 0.272 e. The molecule has 24 heavy (non-hydrogen) atoms. The molecule has 1 atom stereocenters. The summed E-state index contributed by atoms with van der Waals surface area (Å²) >= 11 is 0. The number of piperazine rings is 1. The molecule has 2 saturated heterocycles. The van der Waals surface area contributed by atoms with Gasteiger partial charge in [-0.3, -0.25) is 19.8 Å². The van der Waals surface area contributed by atoms with E-state index in [1.54, 1.807) is 4.90 Å². The highest BCUT2D eigenvalue weighted by molar-refractivity contribution is 5.94. The molecule has 0 saturated carbocycles. The maximum Gasteiger partial charge on any atom is 0.272 e. The van der Waals surface area contributed by atoms with Gasteiger partial charge in [-0.25, -0.2) is 4.39 Å². The number of nitro groups is 1. The molecule has 0 aliphatic carbocycles. The van der Waals surface area contributed by atoms with E-state index in [2.05, 4.69) is 10.2 Å². The van der Waals surface area contributed by atoms with Crippen molar-refractivity contribution in [2.24, 2.45) is 0 Å². The lowest BCUT2D eigenvalue weighted by Crippen LogP contribution is -2.52. The van der Waals surface area contributed by atoms with E-state index < -0.39 is 16.6 Å². The number of non-ortho nitro benzene ring substituents is 1. The molecule has 3 rings (SSSR count). The van der Waals surface area contributed by atoms with Crippen molar-refractivity contribution in [2.75, 3.05) is 39.3 Å². The number of nitrogens with zero attached hydrogens (tertiary/aromatic N) is 3. The van der Waals surface area contributed by atoms with Gasteiger partial charge in [0.2, 0.25) is 0 Å². The van der Waals surface area contributed by atoms with Crippen molar-refractivity contribution in [1.82, 2.24) is 15.1 Å². The van der Waals surface area contributed by atoms with E-state index in [9.17, 15) is 19.3 Å². The molecule has 0 spiro atoms. The first-order chi connectivity index (χ1) is 11.1. The van der Waals surface area contributed by atoms with E-state index in [0.29, 0.717) is 19.1 Å². The quantitative estimate of drug-likeness (QED) is 0.650. The molecule has 7 nitrogen and oxygen atoms in total. The minimum Gasteiger partial charge on any atom is -0.336 e. The predicted molar refractivity (Wildman–Crippen MR) is 89.1 cm³/mol. The van der Waals surface area contributed by atoms with Gasteiger partial charge in [0.05, 0.1) is 16.6 Å². The van der Waals surface area contributed by atoms with Gasteiger partial charge < -0.3 is 10.2 Å². The number of amides is 1. The molecule has 9 heteroatoms. The first-order valence-corrected chi connectivity index (χ1v) is 7.74. The average Bonchev–Trinajstić information content (AvgIpc) is 3.08. The average molecular weight is 359 g/mol. The summed E-state index contributed by atoms with van der Waals surface area (Å²) in [6.07, 6.45) is 1.12. The minimum atomic E-state index is -0.841. The molecule has 2 aliphatic heterocycles. The molecule has 0 aromatic heterocycles. The van der Waals surface area contributed by atoms with Gasteiger partial charge in [-0.2, -0.15) is 0 Å². The van der Waals surface area contributed by atoms with Crippen molar-refractivity contribution in [3.8, 4) is 0 Å². The number of rotatable bonds is 3.